The third-order valence-corrected chi connectivity index (χ3v) is 5.63. The summed E-state index contributed by atoms with van der Waals surface area (Å²) in [6.07, 6.45) is 1.48. The molecule has 0 aromatic heterocycles. The second-order valence-corrected chi connectivity index (χ2v) is 7.44. The van der Waals surface area contributed by atoms with Crippen LogP contribution in [0.25, 0.3) is 0 Å². The summed E-state index contributed by atoms with van der Waals surface area (Å²) in [4.78, 5) is 29.1. The number of piperidine rings is 1. The van der Waals surface area contributed by atoms with Gasteiger partial charge in [0.25, 0.3) is 0 Å². The van der Waals surface area contributed by atoms with Crippen LogP contribution >= 0.6 is 11.6 Å². The maximum absolute atomic E-state index is 13.1. The van der Waals surface area contributed by atoms with Crippen molar-refractivity contribution in [3.8, 4) is 0 Å². The molecule has 2 aliphatic heterocycles. The molecule has 0 spiro atoms. The number of likely N-dealkylation sites (tertiary alicyclic amines) is 1. The quantitative estimate of drug-likeness (QED) is 0.847. The maximum atomic E-state index is 13.1. The predicted octanol–water partition coefficient (Wildman–Crippen LogP) is 2.38. The molecule has 0 bridgehead atoms. The van der Waals surface area contributed by atoms with Gasteiger partial charge >= 0.3 is 0 Å². The normalized spacial score (nSPS) is 20.3. The molecular formula is C19H25ClFN3O3. The largest absolute Gasteiger partial charge is 0.378 e. The monoisotopic (exact) mass is 397 g/mol. The molecule has 1 aromatic carbocycles. The average molecular weight is 398 g/mol. The first-order chi connectivity index (χ1) is 13.0. The fourth-order valence-electron chi connectivity index (χ4n) is 3.57. The number of hydrogen-bond acceptors (Lipinski definition) is 4. The lowest BCUT2D eigenvalue weighted by atomic mass is 9.94. The van der Waals surface area contributed by atoms with Crippen LogP contribution in [0.1, 0.15) is 19.8 Å². The van der Waals surface area contributed by atoms with Gasteiger partial charge in [-0.25, -0.2) is 4.39 Å². The number of ether oxygens (including phenoxy) is 1. The van der Waals surface area contributed by atoms with E-state index in [9.17, 15) is 14.0 Å². The van der Waals surface area contributed by atoms with E-state index in [-0.39, 0.29) is 28.8 Å². The van der Waals surface area contributed by atoms with Crippen LogP contribution in [0.5, 0.6) is 0 Å². The van der Waals surface area contributed by atoms with Crippen LogP contribution in [0.4, 0.5) is 10.1 Å². The molecule has 0 saturated carbocycles. The van der Waals surface area contributed by atoms with E-state index in [1.807, 2.05) is 11.8 Å². The zero-order valence-corrected chi connectivity index (χ0v) is 16.2. The van der Waals surface area contributed by atoms with Crippen molar-refractivity contribution in [2.24, 2.45) is 5.92 Å². The van der Waals surface area contributed by atoms with Crippen molar-refractivity contribution in [3.05, 3.63) is 29.0 Å². The number of halogens is 2. The zero-order valence-electron chi connectivity index (χ0n) is 15.4. The van der Waals surface area contributed by atoms with Gasteiger partial charge in [0.05, 0.1) is 30.0 Å². The summed E-state index contributed by atoms with van der Waals surface area (Å²) in [5.74, 6) is -0.422. The van der Waals surface area contributed by atoms with Crippen LogP contribution in [-0.2, 0) is 14.3 Å². The summed E-state index contributed by atoms with van der Waals surface area (Å²) in [6, 6.07) is 3.53. The number of anilines is 1. The van der Waals surface area contributed by atoms with Gasteiger partial charge in [-0.1, -0.05) is 11.6 Å². The first-order valence-corrected chi connectivity index (χ1v) is 9.70. The molecule has 6 nitrogen and oxygen atoms in total. The zero-order chi connectivity index (χ0) is 19.4. The first kappa shape index (κ1) is 20.0. The lowest BCUT2D eigenvalue weighted by Crippen LogP contribution is -2.50. The molecule has 3 rings (SSSR count). The van der Waals surface area contributed by atoms with Gasteiger partial charge in [0, 0.05) is 19.0 Å². The van der Waals surface area contributed by atoms with E-state index >= 15 is 0 Å². The van der Waals surface area contributed by atoms with E-state index in [4.69, 9.17) is 16.3 Å². The van der Waals surface area contributed by atoms with Crippen molar-refractivity contribution in [1.29, 1.82) is 0 Å². The molecule has 0 aliphatic carbocycles. The number of carbonyl (C=O) groups is 2. The molecular weight excluding hydrogens is 373 g/mol. The summed E-state index contributed by atoms with van der Waals surface area (Å²) in [6.45, 7) is 5.74. The molecule has 2 fully saturated rings. The lowest BCUT2D eigenvalue weighted by molar-refractivity contribution is -0.141. The van der Waals surface area contributed by atoms with Crippen LogP contribution in [0.3, 0.4) is 0 Å². The SMILES string of the molecule is C[C@@H](C(=O)Nc1ccc(F)cc1Cl)N1CCC(C(=O)N2CCOCC2)CC1. The van der Waals surface area contributed by atoms with Gasteiger partial charge in [0.1, 0.15) is 5.82 Å². The van der Waals surface area contributed by atoms with Crippen molar-refractivity contribution in [2.75, 3.05) is 44.7 Å². The second kappa shape index (κ2) is 8.99. The molecule has 2 aliphatic rings. The van der Waals surface area contributed by atoms with E-state index in [1.165, 1.54) is 18.2 Å². The van der Waals surface area contributed by atoms with E-state index in [2.05, 4.69) is 10.2 Å². The molecule has 1 atom stereocenters. The molecule has 0 unspecified atom stereocenters. The van der Waals surface area contributed by atoms with Crippen LogP contribution < -0.4 is 5.32 Å². The van der Waals surface area contributed by atoms with Crippen molar-refractivity contribution in [2.45, 2.75) is 25.8 Å². The van der Waals surface area contributed by atoms with Crippen LogP contribution in [-0.4, -0.2) is 67.0 Å². The Kier molecular flexibility index (Phi) is 6.68. The number of nitrogens with one attached hydrogen (secondary N) is 1. The Hall–Kier alpha value is -1.70. The number of nitrogens with zero attached hydrogens (tertiary/aromatic N) is 2. The smallest absolute Gasteiger partial charge is 0.241 e. The highest BCUT2D eigenvalue weighted by Gasteiger charge is 2.32. The Morgan fingerprint density at radius 3 is 2.52 bits per heavy atom. The molecule has 1 N–H and O–H groups in total. The average Bonchev–Trinajstić information content (AvgIpc) is 2.69. The highest BCUT2D eigenvalue weighted by Crippen LogP contribution is 2.25. The van der Waals surface area contributed by atoms with Crippen LogP contribution in [0.15, 0.2) is 18.2 Å². The summed E-state index contributed by atoms with van der Waals surface area (Å²) in [5, 5.41) is 2.92. The molecule has 2 amide bonds. The molecule has 2 saturated heterocycles. The maximum Gasteiger partial charge on any atom is 0.241 e. The van der Waals surface area contributed by atoms with Crippen molar-refractivity contribution in [1.82, 2.24) is 9.80 Å². The Balaban J connectivity index is 1.50. The summed E-state index contributed by atoms with van der Waals surface area (Å²) >= 11 is 5.97. The minimum Gasteiger partial charge on any atom is -0.378 e. The first-order valence-electron chi connectivity index (χ1n) is 9.32. The third kappa shape index (κ3) is 4.97. The summed E-state index contributed by atoms with van der Waals surface area (Å²) in [7, 11) is 0. The van der Waals surface area contributed by atoms with Gasteiger partial charge in [-0.2, -0.15) is 0 Å². The number of amides is 2. The van der Waals surface area contributed by atoms with E-state index in [1.54, 1.807) is 0 Å². The second-order valence-electron chi connectivity index (χ2n) is 7.04. The standard InChI is InChI=1S/C19H25ClFN3O3/c1-13(18(25)22-17-3-2-15(21)12-16(17)20)23-6-4-14(5-7-23)19(26)24-8-10-27-11-9-24/h2-3,12-14H,4-11H2,1H3,(H,22,25)/t13-/m0/s1. The number of benzene rings is 1. The van der Waals surface area contributed by atoms with Crippen molar-refractivity contribution >= 4 is 29.1 Å². The minimum absolute atomic E-state index is 0.0150. The lowest BCUT2D eigenvalue weighted by Gasteiger charge is -2.37. The molecule has 2 heterocycles. The van der Waals surface area contributed by atoms with Gasteiger partial charge in [0.15, 0.2) is 0 Å². The molecule has 0 radical (unpaired) electrons. The number of morpholine rings is 1. The van der Waals surface area contributed by atoms with E-state index < -0.39 is 5.82 Å². The van der Waals surface area contributed by atoms with Gasteiger partial charge in [0.2, 0.25) is 11.8 Å². The molecule has 1 aromatic rings. The highest BCUT2D eigenvalue weighted by atomic mass is 35.5. The Labute approximate surface area is 163 Å². The van der Waals surface area contributed by atoms with Crippen LogP contribution in [0.2, 0.25) is 5.02 Å². The third-order valence-electron chi connectivity index (χ3n) is 5.32. The Morgan fingerprint density at radius 1 is 1.22 bits per heavy atom. The molecule has 148 valence electrons. The number of hydrogen-bond donors (Lipinski definition) is 1. The highest BCUT2D eigenvalue weighted by molar-refractivity contribution is 6.33. The fourth-order valence-corrected chi connectivity index (χ4v) is 3.78. The Bertz CT molecular complexity index is 689. The fraction of sp³-hybridized carbons (Fsp3) is 0.579. The number of carbonyl (C=O) groups excluding carboxylic acids is 2. The topological polar surface area (TPSA) is 61.9 Å². The van der Waals surface area contributed by atoms with Gasteiger partial charge in [-0.3, -0.25) is 14.5 Å². The van der Waals surface area contributed by atoms with E-state index in [0.717, 1.165) is 12.8 Å². The van der Waals surface area contributed by atoms with Gasteiger partial charge in [-0.05, 0) is 51.1 Å². The van der Waals surface area contributed by atoms with Crippen LogP contribution in [0, 0.1) is 11.7 Å². The predicted molar refractivity (Wildman–Crippen MR) is 101 cm³/mol. The van der Waals surface area contributed by atoms with Crippen molar-refractivity contribution in [3.63, 3.8) is 0 Å². The molecule has 27 heavy (non-hydrogen) atoms. The van der Waals surface area contributed by atoms with Gasteiger partial charge < -0.3 is 15.0 Å². The molecule has 8 heteroatoms. The summed E-state index contributed by atoms with van der Waals surface area (Å²) < 4.78 is 18.4. The number of rotatable bonds is 4. The Morgan fingerprint density at radius 2 is 1.89 bits per heavy atom. The van der Waals surface area contributed by atoms with Gasteiger partial charge in [-0.15, -0.1) is 0 Å². The van der Waals surface area contributed by atoms with E-state index in [0.29, 0.717) is 45.1 Å². The summed E-state index contributed by atoms with van der Waals surface area (Å²) in [5.41, 5.74) is 0.396. The minimum atomic E-state index is -0.446. The van der Waals surface area contributed by atoms with Crippen molar-refractivity contribution < 1.29 is 18.7 Å².